The third-order valence-electron chi connectivity index (χ3n) is 2.99. The van der Waals surface area contributed by atoms with Crippen LogP contribution in [0.15, 0.2) is 5.38 Å². The Morgan fingerprint density at radius 3 is 2.77 bits per heavy atom. The Morgan fingerprint density at radius 2 is 2.38 bits per heavy atom. The number of aromatic nitrogens is 1. The van der Waals surface area contributed by atoms with Crippen LogP contribution in [0.3, 0.4) is 0 Å². The maximum Gasteiger partial charge on any atom is 0.0897 e. The second-order valence-corrected chi connectivity index (χ2v) is 4.98. The van der Waals surface area contributed by atoms with E-state index in [0.717, 1.165) is 6.54 Å². The van der Waals surface area contributed by atoms with E-state index in [1.807, 2.05) is 7.05 Å². The molecule has 0 saturated heterocycles. The number of hydrogen-bond donors (Lipinski definition) is 1. The van der Waals surface area contributed by atoms with Crippen molar-refractivity contribution in [1.29, 1.82) is 0 Å². The number of hydrogen-bond acceptors (Lipinski definition) is 3. The molecule has 3 heteroatoms. The molecule has 2 nitrogen and oxygen atoms in total. The van der Waals surface area contributed by atoms with E-state index in [-0.39, 0.29) is 0 Å². The Hall–Kier alpha value is -0.410. The molecule has 1 aliphatic carbocycles. The minimum Gasteiger partial charge on any atom is -0.319 e. The number of likely N-dealkylation sites (N-methyl/N-ethyl adjacent to an activating group) is 1. The Kier molecular flexibility index (Phi) is 2.39. The van der Waals surface area contributed by atoms with Crippen LogP contribution < -0.4 is 5.32 Å². The van der Waals surface area contributed by atoms with Crippen LogP contribution in [0.2, 0.25) is 0 Å². The molecule has 13 heavy (non-hydrogen) atoms. The van der Waals surface area contributed by atoms with Crippen LogP contribution in [0.1, 0.15) is 30.0 Å². The number of nitrogens with zero attached hydrogens (tertiary/aromatic N) is 1. The fourth-order valence-corrected chi connectivity index (χ4v) is 2.81. The van der Waals surface area contributed by atoms with Crippen molar-refractivity contribution < 1.29 is 0 Å². The summed E-state index contributed by atoms with van der Waals surface area (Å²) in [5.74, 6) is 0. The van der Waals surface area contributed by atoms with E-state index in [1.165, 1.54) is 30.0 Å². The van der Waals surface area contributed by atoms with Crippen molar-refractivity contribution >= 4 is 11.3 Å². The molecule has 1 aromatic rings. The predicted octanol–water partition coefficient (Wildman–Crippen LogP) is 2.09. The van der Waals surface area contributed by atoms with Gasteiger partial charge < -0.3 is 5.32 Å². The van der Waals surface area contributed by atoms with Gasteiger partial charge in [-0.3, -0.25) is 0 Å². The molecule has 0 radical (unpaired) electrons. The maximum absolute atomic E-state index is 4.60. The molecule has 1 saturated carbocycles. The Labute approximate surface area is 83.4 Å². The maximum atomic E-state index is 4.60. The lowest BCUT2D eigenvalue weighted by atomic mass is 9.67. The molecule has 0 aromatic carbocycles. The van der Waals surface area contributed by atoms with Gasteiger partial charge in [-0.05, 0) is 26.8 Å². The zero-order valence-corrected chi connectivity index (χ0v) is 9.08. The highest BCUT2D eigenvalue weighted by molar-refractivity contribution is 7.09. The molecule has 2 rings (SSSR count). The molecule has 0 bridgehead atoms. The summed E-state index contributed by atoms with van der Waals surface area (Å²) in [6.45, 7) is 3.16. The minimum atomic E-state index is 0.375. The monoisotopic (exact) mass is 196 g/mol. The third-order valence-corrected chi connectivity index (χ3v) is 3.76. The van der Waals surface area contributed by atoms with Gasteiger partial charge in [0.2, 0.25) is 0 Å². The normalized spacial score (nSPS) is 19.8. The molecule has 1 fully saturated rings. The van der Waals surface area contributed by atoms with E-state index < -0.39 is 0 Å². The van der Waals surface area contributed by atoms with Crippen molar-refractivity contribution in [3.8, 4) is 0 Å². The summed E-state index contributed by atoms with van der Waals surface area (Å²) in [4.78, 5) is 4.60. The number of aryl methyl sites for hydroxylation is 1. The van der Waals surface area contributed by atoms with Gasteiger partial charge in [-0.25, -0.2) is 4.98 Å². The van der Waals surface area contributed by atoms with Crippen LogP contribution in [-0.4, -0.2) is 18.6 Å². The van der Waals surface area contributed by atoms with Gasteiger partial charge in [0.05, 0.1) is 10.7 Å². The smallest absolute Gasteiger partial charge is 0.0897 e. The van der Waals surface area contributed by atoms with Crippen LogP contribution in [0.4, 0.5) is 0 Å². The topological polar surface area (TPSA) is 24.9 Å². The first kappa shape index (κ1) is 9.16. The molecule has 72 valence electrons. The molecule has 0 spiro atoms. The van der Waals surface area contributed by atoms with Gasteiger partial charge in [0.25, 0.3) is 0 Å². The third kappa shape index (κ3) is 1.51. The molecule has 1 heterocycles. The lowest BCUT2D eigenvalue weighted by Gasteiger charge is -2.40. The number of thiazole rings is 1. The predicted molar refractivity (Wildman–Crippen MR) is 56.3 cm³/mol. The van der Waals surface area contributed by atoms with Crippen LogP contribution in [-0.2, 0) is 5.41 Å². The van der Waals surface area contributed by atoms with E-state index in [1.54, 1.807) is 11.3 Å². The van der Waals surface area contributed by atoms with Crippen LogP contribution in [0.25, 0.3) is 0 Å². The summed E-state index contributed by atoms with van der Waals surface area (Å²) in [5, 5.41) is 6.70. The highest BCUT2D eigenvalue weighted by Gasteiger charge is 2.39. The van der Waals surface area contributed by atoms with Crippen molar-refractivity contribution in [3.05, 3.63) is 16.1 Å². The zero-order chi connectivity index (χ0) is 9.31. The molecule has 0 aliphatic heterocycles. The van der Waals surface area contributed by atoms with E-state index in [4.69, 9.17) is 0 Å². The average molecular weight is 196 g/mol. The molecule has 0 unspecified atom stereocenters. The van der Waals surface area contributed by atoms with E-state index in [2.05, 4.69) is 22.6 Å². The SMILES string of the molecule is CNCC1(c2csc(C)n2)CCC1. The standard InChI is InChI=1S/C10H16N2S/c1-8-12-9(6-13-8)10(7-11-2)4-3-5-10/h6,11H,3-5,7H2,1-2H3. The van der Waals surface area contributed by atoms with Gasteiger partial charge in [-0.1, -0.05) is 6.42 Å². The summed E-state index contributed by atoms with van der Waals surface area (Å²) >= 11 is 1.77. The zero-order valence-electron chi connectivity index (χ0n) is 8.26. The first-order valence-corrected chi connectivity index (χ1v) is 5.72. The van der Waals surface area contributed by atoms with Gasteiger partial charge in [0.1, 0.15) is 0 Å². The lowest BCUT2D eigenvalue weighted by molar-refractivity contribution is 0.233. The molecule has 0 amide bonds. The number of nitrogens with one attached hydrogen (secondary N) is 1. The second-order valence-electron chi connectivity index (χ2n) is 3.92. The van der Waals surface area contributed by atoms with Crippen molar-refractivity contribution in [2.45, 2.75) is 31.6 Å². The summed E-state index contributed by atoms with van der Waals surface area (Å²) in [7, 11) is 2.03. The summed E-state index contributed by atoms with van der Waals surface area (Å²) in [6, 6.07) is 0. The summed E-state index contributed by atoms with van der Waals surface area (Å²) in [5.41, 5.74) is 1.69. The summed E-state index contributed by atoms with van der Waals surface area (Å²) in [6.07, 6.45) is 3.96. The molecule has 1 N–H and O–H groups in total. The molecule has 0 atom stereocenters. The van der Waals surface area contributed by atoms with Crippen LogP contribution in [0, 0.1) is 6.92 Å². The molecule has 1 aliphatic rings. The Morgan fingerprint density at radius 1 is 1.62 bits per heavy atom. The first-order chi connectivity index (χ1) is 6.27. The van der Waals surface area contributed by atoms with Crippen molar-refractivity contribution in [2.24, 2.45) is 0 Å². The van der Waals surface area contributed by atoms with Gasteiger partial charge in [-0.2, -0.15) is 0 Å². The summed E-state index contributed by atoms with van der Waals surface area (Å²) < 4.78 is 0. The first-order valence-electron chi connectivity index (χ1n) is 4.84. The van der Waals surface area contributed by atoms with Crippen LogP contribution in [0.5, 0.6) is 0 Å². The molecule has 1 aromatic heterocycles. The molecular formula is C10H16N2S. The second kappa shape index (κ2) is 3.39. The fraction of sp³-hybridized carbons (Fsp3) is 0.700. The highest BCUT2D eigenvalue weighted by Crippen LogP contribution is 2.43. The largest absolute Gasteiger partial charge is 0.319 e. The van der Waals surface area contributed by atoms with Crippen molar-refractivity contribution in [1.82, 2.24) is 10.3 Å². The van der Waals surface area contributed by atoms with Gasteiger partial charge in [0, 0.05) is 17.3 Å². The van der Waals surface area contributed by atoms with Crippen molar-refractivity contribution in [3.63, 3.8) is 0 Å². The van der Waals surface area contributed by atoms with Crippen LogP contribution >= 0.6 is 11.3 Å². The van der Waals surface area contributed by atoms with Gasteiger partial charge in [-0.15, -0.1) is 11.3 Å². The van der Waals surface area contributed by atoms with Gasteiger partial charge >= 0.3 is 0 Å². The highest BCUT2D eigenvalue weighted by atomic mass is 32.1. The average Bonchev–Trinajstić information content (AvgIpc) is 2.44. The number of rotatable bonds is 3. The van der Waals surface area contributed by atoms with E-state index >= 15 is 0 Å². The van der Waals surface area contributed by atoms with Gasteiger partial charge in [0.15, 0.2) is 0 Å². The quantitative estimate of drug-likeness (QED) is 0.800. The Balaban J connectivity index is 2.21. The van der Waals surface area contributed by atoms with Crippen molar-refractivity contribution in [2.75, 3.05) is 13.6 Å². The lowest BCUT2D eigenvalue weighted by Crippen LogP contribution is -2.43. The van der Waals surface area contributed by atoms with E-state index in [9.17, 15) is 0 Å². The minimum absolute atomic E-state index is 0.375. The fourth-order valence-electron chi connectivity index (χ4n) is 2.07. The Bertz CT molecular complexity index is 289. The molecular weight excluding hydrogens is 180 g/mol. The van der Waals surface area contributed by atoms with E-state index in [0.29, 0.717) is 5.41 Å².